The minimum absolute atomic E-state index is 0.214. The van der Waals surface area contributed by atoms with Gasteiger partial charge in [-0.25, -0.2) is 4.79 Å². The Hall–Kier alpha value is -2.53. The maximum absolute atomic E-state index is 12.4. The van der Waals surface area contributed by atoms with E-state index in [9.17, 15) is 9.59 Å². The highest BCUT2D eigenvalue weighted by molar-refractivity contribution is 6.34. The molecule has 6 heteroatoms. The Kier molecular flexibility index (Phi) is 7.04. The molecule has 1 N–H and O–H groups in total. The lowest BCUT2D eigenvalue weighted by molar-refractivity contribution is -0.122. The summed E-state index contributed by atoms with van der Waals surface area (Å²) in [6, 6.07) is 12.2. The first kappa shape index (κ1) is 19.8. The molecule has 1 amide bonds. The molecule has 0 aliphatic rings. The number of hydrogen-bond donors (Lipinski definition) is 1. The molecule has 0 aliphatic heterocycles. The number of anilines is 1. The molecule has 2 aromatic carbocycles. The monoisotopic (exact) mass is 375 g/mol. The third-order valence-corrected chi connectivity index (χ3v) is 4.07. The summed E-state index contributed by atoms with van der Waals surface area (Å²) in [4.78, 5) is 24.1. The number of carbonyl (C=O) groups is 2. The highest BCUT2D eigenvalue weighted by Crippen LogP contribution is 2.23. The molecule has 26 heavy (non-hydrogen) atoms. The largest absolute Gasteiger partial charge is 0.481 e. The van der Waals surface area contributed by atoms with Crippen molar-refractivity contribution in [3.63, 3.8) is 0 Å². The molecular formula is C20H22ClNO4. The van der Waals surface area contributed by atoms with Crippen LogP contribution in [0.3, 0.4) is 0 Å². The summed E-state index contributed by atoms with van der Waals surface area (Å²) in [5.74, 6) is -0.118. The molecule has 1 atom stereocenters. The van der Waals surface area contributed by atoms with Gasteiger partial charge in [-0.1, -0.05) is 36.7 Å². The van der Waals surface area contributed by atoms with Gasteiger partial charge in [0.15, 0.2) is 6.10 Å². The Bertz CT molecular complexity index is 791. The molecule has 0 bridgehead atoms. The number of benzene rings is 2. The topological polar surface area (TPSA) is 64.6 Å². The summed E-state index contributed by atoms with van der Waals surface area (Å²) in [5.41, 5.74) is 1.77. The number of aryl methyl sites for hydroxylation is 1. The first-order valence-corrected chi connectivity index (χ1v) is 8.86. The zero-order valence-electron chi connectivity index (χ0n) is 15.0. The van der Waals surface area contributed by atoms with Crippen LogP contribution in [0, 0.1) is 0 Å². The second kappa shape index (κ2) is 9.25. The lowest BCUT2D eigenvalue weighted by Gasteiger charge is -2.17. The van der Waals surface area contributed by atoms with Gasteiger partial charge >= 0.3 is 5.97 Å². The van der Waals surface area contributed by atoms with Crippen molar-refractivity contribution >= 4 is 29.2 Å². The summed E-state index contributed by atoms with van der Waals surface area (Å²) in [6.07, 6.45) is 0.126. The van der Waals surface area contributed by atoms with Crippen molar-refractivity contribution < 1.29 is 19.1 Å². The van der Waals surface area contributed by atoms with Crippen LogP contribution in [-0.2, 0) is 16.0 Å². The second-order valence-electron chi connectivity index (χ2n) is 5.63. The highest BCUT2D eigenvalue weighted by atomic mass is 35.5. The zero-order valence-corrected chi connectivity index (χ0v) is 15.8. The van der Waals surface area contributed by atoms with Crippen LogP contribution >= 0.6 is 11.6 Å². The SMILES string of the molecule is CCOC(=O)c1ccc(NC(=O)[C@H](C)Oc2ccccc2CC)cc1Cl. The van der Waals surface area contributed by atoms with E-state index in [1.54, 1.807) is 19.9 Å². The normalized spacial score (nSPS) is 11.5. The van der Waals surface area contributed by atoms with Crippen molar-refractivity contribution in [3.05, 3.63) is 58.6 Å². The molecule has 0 heterocycles. The average Bonchev–Trinajstić information content (AvgIpc) is 2.62. The smallest absolute Gasteiger partial charge is 0.339 e. The molecule has 2 rings (SSSR count). The van der Waals surface area contributed by atoms with Gasteiger partial charge in [0.2, 0.25) is 0 Å². The number of ether oxygens (including phenoxy) is 2. The Morgan fingerprint density at radius 2 is 1.88 bits per heavy atom. The van der Waals surface area contributed by atoms with Crippen molar-refractivity contribution in [2.45, 2.75) is 33.3 Å². The van der Waals surface area contributed by atoms with E-state index < -0.39 is 12.1 Å². The van der Waals surface area contributed by atoms with Gasteiger partial charge < -0.3 is 14.8 Å². The van der Waals surface area contributed by atoms with Crippen molar-refractivity contribution in [3.8, 4) is 5.75 Å². The van der Waals surface area contributed by atoms with E-state index in [0.717, 1.165) is 12.0 Å². The zero-order chi connectivity index (χ0) is 19.1. The molecule has 5 nitrogen and oxygen atoms in total. The second-order valence-corrected chi connectivity index (χ2v) is 6.03. The van der Waals surface area contributed by atoms with Gasteiger partial charge in [-0.3, -0.25) is 4.79 Å². The first-order valence-electron chi connectivity index (χ1n) is 8.48. The van der Waals surface area contributed by atoms with Gasteiger partial charge in [-0.05, 0) is 50.1 Å². The van der Waals surface area contributed by atoms with Crippen LogP contribution in [0.4, 0.5) is 5.69 Å². The molecule has 0 radical (unpaired) electrons. The Morgan fingerprint density at radius 3 is 2.54 bits per heavy atom. The van der Waals surface area contributed by atoms with Crippen LogP contribution in [0.1, 0.15) is 36.7 Å². The summed E-state index contributed by atoms with van der Waals surface area (Å²) < 4.78 is 10.7. The quantitative estimate of drug-likeness (QED) is 0.724. The van der Waals surface area contributed by atoms with E-state index in [2.05, 4.69) is 5.32 Å². The standard InChI is InChI=1S/C20H22ClNO4/c1-4-14-8-6-7-9-18(14)26-13(3)19(23)22-15-10-11-16(17(21)12-15)20(24)25-5-2/h6-13H,4-5H2,1-3H3,(H,22,23)/t13-/m0/s1. The number of para-hydroxylation sites is 1. The van der Waals surface area contributed by atoms with Gasteiger partial charge in [0.25, 0.3) is 5.91 Å². The molecule has 0 saturated carbocycles. The lowest BCUT2D eigenvalue weighted by atomic mass is 10.1. The van der Waals surface area contributed by atoms with Crippen LogP contribution in [-0.4, -0.2) is 24.6 Å². The maximum Gasteiger partial charge on any atom is 0.339 e. The molecule has 138 valence electrons. The molecule has 0 aliphatic carbocycles. The summed E-state index contributed by atoms with van der Waals surface area (Å²) in [6.45, 7) is 5.69. The van der Waals surface area contributed by atoms with E-state index in [0.29, 0.717) is 11.4 Å². The summed E-state index contributed by atoms with van der Waals surface area (Å²) >= 11 is 6.11. The number of nitrogens with one attached hydrogen (secondary N) is 1. The number of esters is 1. The fraction of sp³-hybridized carbons (Fsp3) is 0.300. The third-order valence-electron chi connectivity index (χ3n) is 3.76. The van der Waals surface area contributed by atoms with Gasteiger partial charge in [-0.15, -0.1) is 0 Å². The van der Waals surface area contributed by atoms with Gasteiger partial charge in [0.1, 0.15) is 5.75 Å². The van der Waals surface area contributed by atoms with Gasteiger partial charge in [0.05, 0.1) is 17.2 Å². The van der Waals surface area contributed by atoms with Crippen LogP contribution in [0.2, 0.25) is 5.02 Å². The Morgan fingerprint density at radius 1 is 1.15 bits per heavy atom. The number of halogens is 1. The molecule has 0 fully saturated rings. The third kappa shape index (κ3) is 4.99. The van der Waals surface area contributed by atoms with E-state index in [1.807, 2.05) is 31.2 Å². The van der Waals surface area contributed by atoms with Crippen LogP contribution in [0.15, 0.2) is 42.5 Å². The molecule has 0 unspecified atom stereocenters. The van der Waals surface area contributed by atoms with Gasteiger partial charge in [-0.2, -0.15) is 0 Å². The number of rotatable bonds is 7. The van der Waals surface area contributed by atoms with Crippen molar-refractivity contribution in [1.82, 2.24) is 0 Å². The number of amides is 1. The predicted molar refractivity (Wildman–Crippen MR) is 102 cm³/mol. The van der Waals surface area contributed by atoms with E-state index >= 15 is 0 Å². The molecule has 0 aromatic heterocycles. The van der Waals surface area contributed by atoms with Crippen molar-refractivity contribution in [1.29, 1.82) is 0 Å². The number of hydrogen-bond acceptors (Lipinski definition) is 4. The molecule has 0 spiro atoms. The summed E-state index contributed by atoms with van der Waals surface area (Å²) in [7, 11) is 0. The fourth-order valence-corrected chi connectivity index (χ4v) is 2.62. The molecule has 2 aromatic rings. The van der Waals surface area contributed by atoms with Crippen molar-refractivity contribution in [2.24, 2.45) is 0 Å². The molecule has 0 saturated heterocycles. The van der Waals surface area contributed by atoms with Crippen LogP contribution in [0.5, 0.6) is 5.75 Å². The van der Waals surface area contributed by atoms with Crippen molar-refractivity contribution in [2.75, 3.05) is 11.9 Å². The van der Waals surface area contributed by atoms with E-state index in [1.165, 1.54) is 12.1 Å². The maximum atomic E-state index is 12.4. The van der Waals surface area contributed by atoms with Crippen LogP contribution in [0.25, 0.3) is 0 Å². The molecular weight excluding hydrogens is 354 g/mol. The average molecular weight is 376 g/mol. The Labute approximate surface area is 158 Å². The van der Waals surface area contributed by atoms with E-state index in [-0.39, 0.29) is 23.1 Å². The number of carbonyl (C=O) groups excluding carboxylic acids is 2. The predicted octanol–water partition coefficient (Wildman–Crippen LogP) is 4.49. The lowest BCUT2D eigenvalue weighted by Crippen LogP contribution is -2.30. The highest BCUT2D eigenvalue weighted by Gasteiger charge is 2.18. The summed E-state index contributed by atoms with van der Waals surface area (Å²) in [5, 5.41) is 2.95. The van der Waals surface area contributed by atoms with Gasteiger partial charge in [0, 0.05) is 5.69 Å². The minimum Gasteiger partial charge on any atom is -0.481 e. The van der Waals surface area contributed by atoms with E-state index in [4.69, 9.17) is 21.1 Å². The minimum atomic E-state index is -0.689. The first-order chi connectivity index (χ1) is 12.5. The Balaban J connectivity index is 2.04. The fourth-order valence-electron chi connectivity index (χ4n) is 2.37. The van der Waals surface area contributed by atoms with Crippen LogP contribution < -0.4 is 10.1 Å².